The molecule has 1 aliphatic heterocycles. The first-order chi connectivity index (χ1) is 11.1. The van der Waals surface area contributed by atoms with Gasteiger partial charge in [0.1, 0.15) is 5.82 Å². The van der Waals surface area contributed by atoms with Crippen LogP contribution in [0.4, 0.5) is 10.6 Å². The number of anilines is 1. The number of carbonyl (C=O) groups is 1. The summed E-state index contributed by atoms with van der Waals surface area (Å²) >= 11 is 6.12. The Labute approximate surface area is 147 Å². The van der Waals surface area contributed by atoms with Gasteiger partial charge in [0.2, 0.25) is 0 Å². The number of hydrogen-bond donors (Lipinski definition) is 2. The maximum Gasteiger partial charge on any atom is 0.407 e. The fourth-order valence-electron chi connectivity index (χ4n) is 3.15. The number of hydrogen-bond acceptors (Lipinski definition) is 5. The number of likely N-dealkylation sites (tertiary alicyclic amines) is 1. The number of ether oxygens (including phenoxy) is 1. The lowest BCUT2D eigenvalue weighted by Gasteiger charge is -2.44. The molecular formula is C16H25ClN4O3. The Morgan fingerprint density at radius 2 is 2.08 bits per heavy atom. The van der Waals surface area contributed by atoms with Crippen LogP contribution in [0.25, 0.3) is 0 Å². The third-order valence-corrected chi connectivity index (χ3v) is 4.58. The van der Waals surface area contributed by atoms with Crippen LogP contribution in [0.3, 0.4) is 0 Å². The molecule has 0 aliphatic carbocycles. The van der Waals surface area contributed by atoms with Crippen molar-refractivity contribution in [1.82, 2.24) is 14.9 Å². The van der Waals surface area contributed by atoms with Crippen LogP contribution in [0, 0.1) is 12.3 Å². The Kier molecular flexibility index (Phi) is 5.42. The van der Waals surface area contributed by atoms with Gasteiger partial charge < -0.3 is 20.1 Å². The van der Waals surface area contributed by atoms with E-state index in [-0.39, 0.29) is 22.7 Å². The summed E-state index contributed by atoms with van der Waals surface area (Å²) in [6, 6.07) is 0.00902. The largest absolute Gasteiger partial charge is 0.490 e. The zero-order chi connectivity index (χ0) is 18.1. The maximum atomic E-state index is 11.5. The molecular weight excluding hydrogens is 332 g/mol. The molecule has 0 spiro atoms. The highest BCUT2D eigenvalue weighted by Crippen LogP contribution is 2.35. The Bertz CT molecular complexity index is 618. The number of aryl methyl sites for hydroxylation is 1. The van der Waals surface area contributed by atoms with Crippen molar-refractivity contribution in [2.24, 2.45) is 5.41 Å². The quantitative estimate of drug-likeness (QED) is 0.807. The molecule has 0 saturated carbocycles. The normalized spacial score (nSPS) is 21.5. The second kappa shape index (κ2) is 7.01. The molecule has 1 fully saturated rings. The van der Waals surface area contributed by atoms with Gasteiger partial charge in [-0.1, -0.05) is 32.4 Å². The average molecular weight is 357 g/mol. The van der Waals surface area contributed by atoms with Gasteiger partial charge in [0.15, 0.2) is 16.7 Å². The summed E-state index contributed by atoms with van der Waals surface area (Å²) in [5.74, 6) is 1.52. The maximum absolute atomic E-state index is 11.5. The number of rotatable bonds is 3. The van der Waals surface area contributed by atoms with Gasteiger partial charge >= 0.3 is 6.09 Å². The molecule has 1 saturated heterocycles. The molecule has 2 heterocycles. The van der Waals surface area contributed by atoms with Crippen molar-refractivity contribution in [3.8, 4) is 5.75 Å². The van der Waals surface area contributed by atoms with E-state index in [0.717, 1.165) is 0 Å². The van der Waals surface area contributed by atoms with E-state index in [1.54, 1.807) is 6.92 Å². The van der Waals surface area contributed by atoms with Crippen molar-refractivity contribution >= 4 is 23.5 Å². The number of aromatic nitrogens is 2. The van der Waals surface area contributed by atoms with Crippen molar-refractivity contribution in [2.75, 3.05) is 19.0 Å². The monoisotopic (exact) mass is 356 g/mol. The van der Waals surface area contributed by atoms with Crippen LogP contribution < -0.4 is 10.1 Å². The van der Waals surface area contributed by atoms with Crippen LogP contribution in [0.5, 0.6) is 5.75 Å². The lowest BCUT2D eigenvalue weighted by atomic mass is 9.79. The number of methoxy groups -OCH3 is 1. The minimum absolute atomic E-state index is 0.0781. The van der Waals surface area contributed by atoms with Gasteiger partial charge in [-0.2, -0.15) is 0 Å². The Balaban J connectivity index is 2.22. The van der Waals surface area contributed by atoms with Crippen LogP contribution in [0.1, 0.15) is 39.4 Å². The van der Waals surface area contributed by atoms with E-state index in [1.165, 1.54) is 12.0 Å². The van der Waals surface area contributed by atoms with E-state index in [2.05, 4.69) is 36.1 Å². The summed E-state index contributed by atoms with van der Waals surface area (Å²) in [6.45, 7) is 8.42. The standard InChI is InChI=1S/C16H25ClN4O3/c1-9-18-13(17)12(24-5)14(19-9)20-10-6-7-21(15(22)23)11(8-10)16(2,3)4/h10-11H,6-8H2,1-5H3,(H,22,23)(H,18,19,20). The molecule has 1 aromatic heterocycles. The molecule has 2 unspecified atom stereocenters. The third kappa shape index (κ3) is 4.01. The molecule has 1 aromatic rings. The summed E-state index contributed by atoms with van der Waals surface area (Å²) in [5, 5.41) is 13.1. The van der Waals surface area contributed by atoms with Gasteiger partial charge in [0.25, 0.3) is 0 Å². The van der Waals surface area contributed by atoms with Gasteiger partial charge in [-0.15, -0.1) is 0 Å². The lowest BCUT2D eigenvalue weighted by molar-refractivity contribution is 0.0557. The number of nitrogens with zero attached hydrogens (tertiary/aromatic N) is 3. The number of piperidine rings is 1. The van der Waals surface area contributed by atoms with E-state index >= 15 is 0 Å². The Morgan fingerprint density at radius 1 is 1.42 bits per heavy atom. The fraction of sp³-hybridized carbons (Fsp3) is 0.688. The van der Waals surface area contributed by atoms with Crippen molar-refractivity contribution in [1.29, 1.82) is 0 Å². The van der Waals surface area contributed by atoms with E-state index in [9.17, 15) is 9.90 Å². The minimum Gasteiger partial charge on any atom is -0.490 e. The SMILES string of the molecule is COc1c(Cl)nc(C)nc1NC1CCN(C(=O)O)C(C(C)(C)C)C1. The molecule has 7 nitrogen and oxygen atoms in total. The van der Waals surface area contributed by atoms with Gasteiger partial charge in [0, 0.05) is 18.6 Å². The average Bonchev–Trinajstić information content (AvgIpc) is 2.45. The highest BCUT2D eigenvalue weighted by Gasteiger charge is 2.39. The summed E-state index contributed by atoms with van der Waals surface area (Å²) in [4.78, 5) is 21.5. The minimum atomic E-state index is -0.869. The van der Waals surface area contributed by atoms with Crippen molar-refractivity contribution in [3.63, 3.8) is 0 Å². The molecule has 8 heteroatoms. The van der Waals surface area contributed by atoms with Crippen LogP contribution in [0.15, 0.2) is 0 Å². The molecule has 1 amide bonds. The summed E-state index contributed by atoms with van der Waals surface area (Å²) in [5.41, 5.74) is -0.151. The van der Waals surface area contributed by atoms with E-state index in [4.69, 9.17) is 16.3 Å². The van der Waals surface area contributed by atoms with Crippen LogP contribution in [0.2, 0.25) is 5.15 Å². The smallest absolute Gasteiger partial charge is 0.407 e. The Hall–Kier alpha value is -1.76. The summed E-state index contributed by atoms with van der Waals surface area (Å²) in [7, 11) is 1.52. The van der Waals surface area contributed by atoms with Crippen LogP contribution in [-0.4, -0.2) is 51.8 Å². The van der Waals surface area contributed by atoms with Crippen LogP contribution in [-0.2, 0) is 0 Å². The zero-order valence-corrected chi connectivity index (χ0v) is 15.5. The zero-order valence-electron chi connectivity index (χ0n) is 14.8. The molecule has 2 atom stereocenters. The first kappa shape index (κ1) is 18.6. The molecule has 0 bridgehead atoms. The van der Waals surface area contributed by atoms with E-state index < -0.39 is 6.09 Å². The van der Waals surface area contributed by atoms with Crippen molar-refractivity contribution < 1.29 is 14.6 Å². The number of carboxylic acid groups (broad SMARTS) is 1. The fourth-order valence-corrected chi connectivity index (χ4v) is 3.44. The molecule has 0 radical (unpaired) electrons. The Morgan fingerprint density at radius 3 is 2.62 bits per heavy atom. The van der Waals surface area contributed by atoms with Crippen LogP contribution >= 0.6 is 11.6 Å². The van der Waals surface area contributed by atoms with Gasteiger partial charge in [-0.05, 0) is 25.2 Å². The number of amides is 1. The summed E-state index contributed by atoms with van der Waals surface area (Å²) in [6.07, 6.45) is 0.523. The first-order valence-corrected chi connectivity index (χ1v) is 8.35. The number of halogens is 1. The van der Waals surface area contributed by atoms with Crippen molar-refractivity contribution in [2.45, 2.75) is 52.6 Å². The molecule has 2 N–H and O–H groups in total. The second-order valence-corrected chi connectivity index (χ2v) is 7.52. The summed E-state index contributed by atoms with van der Waals surface area (Å²) < 4.78 is 5.30. The number of nitrogens with one attached hydrogen (secondary N) is 1. The predicted molar refractivity (Wildman–Crippen MR) is 92.9 cm³/mol. The van der Waals surface area contributed by atoms with Gasteiger partial charge in [-0.25, -0.2) is 14.8 Å². The first-order valence-electron chi connectivity index (χ1n) is 7.97. The van der Waals surface area contributed by atoms with Gasteiger partial charge in [0.05, 0.1) is 7.11 Å². The highest BCUT2D eigenvalue weighted by molar-refractivity contribution is 6.31. The highest BCUT2D eigenvalue weighted by atomic mass is 35.5. The molecule has 134 valence electrons. The van der Waals surface area contributed by atoms with Gasteiger partial charge in [-0.3, -0.25) is 0 Å². The molecule has 2 rings (SSSR count). The predicted octanol–water partition coefficient (Wildman–Crippen LogP) is 3.42. The third-order valence-electron chi connectivity index (χ3n) is 4.33. The van der Waals surface area contributed by atoms with E-state index in [0.29, 0.717) is 36.8 Å². The molecule has 0 aromatic carbocycles. The van der Waals surface area contributed by atoms with E-state index in [1.807, 2.05) is 0 Å². The molecule has 24 heavy (non-hydrogen) atoms. The lowest BCUT2D eigenvalue weighted by Crippen LogP contribution is -2.54. The second-order valence-electron chi connectivity index (χ2n) is 7.17. The topological polar surface area (TPSA) is 87.6 Å². The van der Waals surface area contributed by atoms with Crippen molar-refractivity contribution in [3.05, 3.63) is 11.0 Å². The molecule has 1 aliphatic rings.